The number of hydrogen-bond acceptors (Lipinski definition) is 4. The minimum atomic E-state index is -1.27. The fourth-order valence-electron chi connectivity index (χ4n) is 3.34. The van der Waals surface area contributed by atoms with E-state index in [1.165, 1.54) is 19.1 Å². The molecule has 0 amide bonds. The average Bonchev–Trinajstić information content (AvgIpc) is 2.68. The lowest BCUT2D eigenvalue weighted by molar-refractivity contribution is -0.132. The molecule has 140 valence electrons. The summed E-state index contributed by atoms with van der Waals surface area (Å²) >= 11 is 0. The third-order valence-corrected chi connectivity index (χ3v) is 4.88. The number of rotatable bonds is 5. The van der Waals surface area contributed by atoms with Crippen LogP contribution in [0.1, 0.15) is 55.2 Å². The molecule has 5 heteroatoms. The smallest absolute Gasteiger partial charge is 0.339 e. The molecule has 0 aliphatic heterocycles. The fraction of sp³-hybridized carbons (Fsp3) is 0.318. The number of allylic oxidation sites excluding steroid dienone is 3. The highest BCUT2D eigenvalue weighted by Gasteiger charge is 2.23. The Morgan fingerprint density at radius 2 is 1.93 bits per heavy atom. The lowest BCUT2D eigenvalue weighted by atomic mass is 9.80. The minimum absolute atomic E-state index is 0.227. The van der Waals surface area contributed by atoms with Crippen LogP contribution in [0, 0.1) is 11.3 Å². The molecule has 1 aliphatic carbocycles. The largest absolute Gasteiger partial charge is 0.507 e. The highest BCUT2D eigenvalue weighted by atomic mass is 16.4. The van der Waals surface area contributed by atoms with E-state index in [0.29, 0.717) is 16.7 Å². The van der Waals surface area contributed by atoms with Gasteiger partial charge in [-0.3, -0.25) is 0 Å². The molecule has 2 rings (SSSR count). The molecule has 0 radical (unpaired) electrons. The van der Waals surface area contributed by atoms with Gasteiger partial charge in [0.2, 0.25) is 0 Å². The van der Waals surface area contributed by atoms with Crippen LogP contribution < -0.4 is 0 Å². The summed E-state index contributed by atoms with van der Waals surface area (Å²) in [5.41, 5.74) is 4.85. The SMILES string of the molecule is C=C=C(/C=C(C(=O)O)\C(O)=C/C)c1ccc(C2CCC(O)CC2)c(C#N)c1. The van der Waals surface area contributed by atoms with Gasteiger partial charge in [-0.05, 0) is 67.9 Å². The first-order chi connectivity index (χ1) is 12.9. The van der Waals surface area contributed by atoms with Crippen molar-refractivity contribution in [3.05, 3.63) is 70.7 Å². The van der Waals surface area contributed by atoms with Crippen LogP contribution in [-0.4, -0.2) is 27.4 Å². The highest BCUT2D eigenvalue weighted by molar-refractivity contribution is 5.95. The van der Waals surface area contributed by atoms with Crippen LogP contribution in [-0.2, 0) is 4.79 Å². The van der Waals surface area contributed by atoms with Gasteiger partial charge in [0.05, 0.1) is 17.7 Å². The van der Waals surface area contributed by atoms with Crippen molar-refractivity contribution in [2.45, 2.75) is 44.6 Å². The molecule has 0 spiro atoms. The Balaban J connectivity index is 2.42. The van der Waals surface area contributed by atoms with Crippen molar-refractivity contribution in [3.63, 3.8) is 0 Å². The van der Waals surface area contributed by atoms with Crippen LogP contribution in [0.4, 0.5) is 0 Å². The number of aliphatic hydroxyl groups excluding tert-OH is 2. The van der Waals surface area contributed by atoms with E-state index in [2.05, 4.69) is 18.4 Å². The molecule has 0 aromatic heterocycles. The molecule has 3 N–H and O–H groups in total. The number of aliphatic carboxylic acids is 1. The number of benzene rings is 1. The van der Waals surface area contributed by atoms with Crippen LogP contribution in [0.2, 0.25) is 0 Å². The lowest BCUT2D eigenvalue weighted by Crippen LogP contribution is -2.17. The van der Waals surface area contributed by atoms with Gasteiger partial charge in [0.25, 0.3) is 0 Å². The molecule has 0 saturated heterocycles. The summed E-state index contributed by atoms with van der Waals surface area (Å²) in [4.78, 5) is 11.4. The van der Waals surface area contributed by atoms with Crippen molar-refractivity contribution in [1.29, 1.82) is 5.26 Å². The number of aliphatic hydroxyl groups is 2. The molecular weight excluding hydrogens is 342 g/mol. The van der Waals surface area contributed by atoms with E-state index in [-0.39, 0.29) is 23.4 Å². The number of nitrogens with zero attached hydrogens (tertiary/aromatic N) is 1. The summed E-state index contributed by atoms with van der Waals surface area (Å²) in [6.07, 6.45) is 5.43. The van der Waals surface area contributed by atoms with Crippen LogP contribution in [0.3, 0.4) is 0 Å². The molecule has 1 saturated carbocycles. The molecule has 1 aromatic rings. The molecule has 1 aromatic carbocycles. The molecule has 1 fully saturated rings. The number of hydrogen-bond donors (Lipinski definition) is 3. The third kappa shape index (κ3) is 4.77. The van der Waals surface area contributed by atoms with Crippen LogP contribution in [0.5, 0.6) is 0 Å². The first kappa shape index (κ1) is 20.3. The topological polar surface area (TPSA) is 102 Å². The minimum Gasteiger partial charge on any atom is -0.507 e. The normalized spacial score (nSPS) is 20.5. The second kappa shape index (κ2) is 9.05. The van der Waals surface area contributed by atoms with Crippen molar-refractivity contribution in [1.82, 2.24) is 0 Å². The van der Waals surface area contributed by atoms with Gasteiger partial charge in [0, 0.05) is 5.57 Å². The summed E-state index contributed by atoms with van der Waals surface area (Å²) in [6.45, 7) is 5.13. The van der Waals surface area contributed by atoms with Gasteiger partial charge in [-0.2, -0.15) is 5.26 Å². The van der Waals surface area contributed by atoms with Crippen molar-refractivity contribution in [3.8, 4) is 6.07 Å². The van der Waals surface area contributed by atoms with E-state index < -0.39 is 5.97 Å². The maximum Gasteiger partial charge on any atom is 0.339 e. The van der Waals surface area contributed by atoms with Gasteiger partial charge in [-0.15, -0.1) is 5.73 Å². The van der Waals surface area contributed by atoms with E-state index in [1.807, 2.05) is 6.07 Å². The quantitative estimate of drug-likeness (QED) is 0.314. The lowest BCUT2D eigenvalue weighted by Gasteiger charge is -2.26. The second-order valence-corrected chi connectivity index (χ2v) is 6.55. The first-order valence-electron chi connectivity index (χ1n) is 8.84. The van der Waals surface area contributed by atoms with Crippen LogP contribution in [0.25, 0.3) is 5.57 Å². The van der Waals surface area contributed by atoms with Gasteiger partial charge >= 0.3 is 5.97 Å². The summed E-state index contributed by atoms with van der Waals surface area (Å²) in [5, 5.41) is 38.3. The molecular formula is C22H23NO4. The van der Waals surface area contributed by atoms with Crippen LogP contribution in [0.15, 0.2) is 54.0 Å². The Morgan fingerprint density at radius 1 is 1.26 bits per heavy atom. The number of nitriles is 1. The average molecular weight is 365 g/mol. The van der Waals surface area contributed by atoms with Gasteiger partial charge in [0.1, 0.15) is 11.3 Å². The Bertz CT molecular complexity index is 874. The van der Waals surface area contributed by atoms with E-state index >= 15 is 0 Å². The summed E-state index contributed by atoms with van der Waals surface area (Å²) in [7, 11) is 0. The maximum atomic E-state index is 11.4. The van der Waals surface area contributed by atoms with Gasteiger partial charge < -0.3 is 15.3 Å². The Morgan fingerprint density at radius 3 is 2.44 bits per heavy atom. The van der Waals surface area contributed by atoms with Crippen molar-refractivity contribution in [2.24, 2.45) is 0 Å². The van der Waals surface area contributed by atoms with E-state index in [1.54, 1.807) is 12.1 Å². The van der Waals surface area contributed by atoms with Crippen molar-refractivity contribution in [2.75, 3.05) is 0 Å². The van der Waals surface area contributed by atoms with Gasteiger partial charge in [-0.1, -0.05) is 18.7 Å². The molecule has 0 heterocycles. The van der Waals surface area contributed by atoms with Gasteiger partial charge in [0.15, 0.2) is 0 Å². The zero-order chi connectivity index (χ0) is 20.0. The Labute approximate surface area is 158 Å². The molecule has 5 nitrogen and oxygen atoms in total. The zero-order valence-corrected chi connectivity index (χ0v) is 15.3. The van der Waals surface area contributed by atoms with Crippen LogP contribution >= 0.6 is 0 Å². The molecule has 1 aliphatic rings. The molecule has 27 heavy (non-hydrogen) atoms. The third-order valence-electron chi connectivity index (χ3n) is 4.88. The molecule has 0 bridgehead atoms. The Kier molecular flexibility index (Phi) is 6.79. The monoisotopic (exact) mass is 365 g/mol. The summed E-state index contributed by atoms with van der Waals surface area (Å²) in [5.74, 6) is -1.39. The molecule has 0 unspecified atom stereocenters. The van der Waals surface area contributed by atoms with E-state index in [4.69, 9.17) is 0 Å². The zero-order valence-electron chi connectivity index (χ0n) is 15.3. The highest BCUT2D eigenvalue weighted by Crippen LogP contribution is 2.35. The van der Waals surface area contributed by atoms with Crippen molar-refractivity contribution < 1.29 is 20.1 Å². The van der Waals surface area contributed by atoms with Gasteiger partial charge in [-0.25, -0.2) is 4.79 Å². The maximum absolute atomic E-state index is 11.4. The fourth-order valence-corrected chi connectivity index (χ4v) is 3.34. The van der Waals surface area contributed by atoms with E-state index in [9.17, 15) is 25.4 Å². The summed E-state index contributed by atoms with van der Waals surface area (Å²) < 4.78 is 0. The predicted octanol–water partition coefficient (Wildman–Crippen LogP) is 4.22. The molecule has 0 atom stereocenters. The predicted molar refractivity (Wildman–Crippen MR) is 103 cm³/mol. The number of carboxylic acid groups (broad SMARTS) is 1. The summed E-state index contributed by atoms with van der Waals surface area (Å²) in [6, 6.07) is 7.58. The Hall–Kier alpha value is -3.06. The van der Waals surface area contributed by atoms with E-state index in [0.717, 1.165) is 31.2 Å². The first-order valence-corrected chi connectivity index (χ1v) is 8.84. The second-order valence-electron chi connectivity index (χ2n) is 6.55. The standard InChI is InChI=1S/C22H23NO4/c1-3-14(12-20(22(26)27)21(25)4-2)16-7-10-19(17(11-16)13-23)15-5-8-18(24)9-6-15/h4,7,10-12,15,18,24-25H,1,5-6,8-9H2,2H3,(H,26,27)/b20-12+,21-4+. The number of carboxylic acids is 1. The van der Waals surface area contributed by atoms with Crippen molar-refractivity contribution >= 4 is 11.5 Å². The number of carbonyl (C=O) groups is 1.